The summed E-state index contributed by atoms with van der Waals surface area (Å²) in [6.45, 7) is 3.84. The van der Waals surface area contributed by atoms with Gasteiger partial charge in [0.15, 0.2) is 0 Å². The molecule has 3 heterocycles. The highest BCUT2D eigenvalue weighted by Crippen LogP contribution is 2.33. The van der Waals surface area contributed by atoms with Gasteiger partial charge in [-0.25, -0.2) is 0 Å². The molecule has 0 saturated heterocycles. The first-order valence-corrected chi connectivity index (χ1v) is 8.24. The van der Waals surface area contributed by atoms with Crippen molar-refractivity contribution in [1.29, 1.82) is 0 Å². The van der Waals surface area contributed by atoms with Crippen molar-refractivity contribution in [2.75, 3.05) is 0 Å². The van der Waals surface area contributed by atoms with Gasteiger partial charge in [0.25, 0.3) is 0 Å². The molecule has 112 valence electrons. The van der Waals surface area contributed by atoms with Crippen molar-refractivity contribution >= 4 is 32.5 Å². The van der Waals surface area contributed by atoms with Crippen LogP contribution in [0.5, 0.6) is 0 Å². The Labute approximate surface area is 131 Å². The molecule has 4 aromatic rings. The van der Waals surface area contributed by atoms with Crippen molar-refractivity contribution in [3.63, 3.8) is 0 Å². The zero-order valence-electron chi connectivity index (χ0n) is 12.5. The number of fused-ring (bicyclic) bond motifs is 2. The molecule has 1 aromatic carbocycles. The normalized spacial score (nSPS) is 14.7. The average Bonchev–Trinajstić information content (AvgIpc) is 3.20. The molecule has 4 nitrogen and oxygen atoms in total. The van der Waals surface area contributed by atoms with Crippen molar-refractivity contribution in [1.82, 2.24) is 15.2 Å². The second-order valence-corrected chi connectivity index (χ2v) is 6.76. The number of aliphatic hydroxyl groups is 1. The van der Waals surface area contributed by atoms with E-state index in [1.54, 1.807) is 11.3 Å². The van der Waals surface area contributed by atoms with Crippen LogP contribution in [0.15, 0.2) is 35.7 Å². The summed E-state index contributed by atoms with van der Waals surface area (Å²) in [5.41, 5.74) is 4.21. The molecule has 0 aliphatic rings. The largest absolute Gasteiger partial charge is 0.385 e. The molecule has 0 aliphatic carbocycles. The third-order valence-electron chi connectivity index (χ3n) is 4.35. The van der Waals surface area contributed by atoms with Crippen molar-refractivity contribution in [3.05, 3.63) is 41.3 Å². The lowest BCUT2D eigenvalue weighted by Gasteiger charge is -2.21. The molecule has 3 N–H and O–H groups in total. The number of aromatic nitrogens is 3. The Morgan fingerprint density at radius 3 is 2.91 bits per heavy atom. The Morgan fingerprint density at radius 2 is 2.09 bits per heavy atom. The summed E-state index contributed by atoms with van der Waals surface area (Å²) in [6, 6.07) is 10.2. The molecule has 0 amide bonds. The SMILES string of the molecule is CC[C@@](C)(O)c1ccc2[nH]c(-c3n[nH]c4ccsc34)cc2c1. The Morgan fingerprint density at radius 1 is 1.23 bits per heavy atom. The first-order chi connectivity index (χ1) is 10.6. The van der Waals surface area contributed by atoms with Crippen LogP contribution in [0.3, 0.4) is 0 Å². The van der Waals surface area contributed by atoms with Crippen molar-refractivity contribution in [2.45, 2.75) is 25.9 Å². The number of hydrogen-bond acceptors (Lipinski definition) is 3. The third kappa shape index (κ3) is 1.97. The molecule has 0 saturated carbocycles. The molecule has 22 heavy (non-hydrogen) atoms. The van der Waals surface area contributed by atoms with Crippen LogP contribution < -0.4 is 0 Å². The Bertz CT molecular complexity index is 961. The topological polar surface area (TPSA) is 64.7 Å². The first-order valence-electron chi connectivity index (χ1n) is 7.36. The van der Waals surface area contributed by atoms with Gasteiger partial charge in [-0.2, -0.15) is 5.10 Å². The van der Waals surface area contributed by atoms with Crippen LogP contribution in [0.25, 0.3) is 32.5 Å². The van der Waals surface area contributed by atoms with E-state index in [1.807, 2.05) is 32.0 Å². The van der Waals surface area contributed by atoms with Gasteiger partial charge >= 0.3 is 0 Å². The van der Waals surface area contributed by atoms with Gasteiger partial charge in [-0.15, -0.1) is 11.3 Å². The molecule has 4 rings (SSSR count). The molecule has 0 unspecified atom stereocenters. The lowest BCUT2D eigenvalue weighted by Crippen LogP contribution is -2.19. The molecule has 0 aliphatic heterocycles. The van der Waals surface area contributed by atoms with Crippen LogP contribution in [0.4, 0.5) is 0 Å². The number of benzene rings is 1. The molecular formula is C17H17N3OS. The maximum Gasteiger partial charge on any atom is 0.126 e. The average molecular weight is 311 g/mol. The molecule has 3 aromatic heterocycles. The van der Waals surface area contributed by atoms with Gasteiger partial charge in [-0.3, -0.25) is 5.10 Å². The van der Waals surface area contributed by atoms with Crippen LogP contribution in [-0.4, -0.2) is 20.3 Å². The van der Waals surface area contributed by atoms with Gasteiger partial charge in [0.1, 0.15) is 5.69 Å². The van der Waals surface area contributed by atoms with E-state index in [-0.39, 0.29) is 0 Å². The zero-order chi connectivity index (χ0) is 15.3. The quantitative estimate of drug-likeness (QED) is 0.525. The smallest absolute Gasteiger partial charge is 0.126 e. The van der Waals surface area contributed by atoms with Gasteiger partial charge in [0.05, 0.1) is 21.5 Å². The second-order valence-electron chi connectivity index (χ2n) is 5.85. The fraction of sp³-hybridized carbons (Fsp3) is 0.235. The number of hydrogen-bond donors (Lipinski definition) is 3. The minimum Gasteiger partial charge on any atom is -0.385 e. The van der Waals surface area contributed by atoms with Crippen molar-refractivity contribution in [2.24, 2.45) is 0 Å². The Hall–Kier alpha value is -2.11. The van der Waals surface area contributed by atoms with E-state index in [0.29, 0.717) is 6.42 Å². The lowest BCUT2D eigenvalue weighted by atomic mass is 9.92. The number of H-pyrrole nitrogens is 2. The molecule has 0 bridgehead atoms. The highest BCUT2D eigenvalue weighted by molar-refractivity contribution is 7.17. The standard InChI is InChI=1S/C17H17N3OS/c1-3-17(2,21)11-4-5-12-10(8-11)9-14(18-12)15-16-13(19-20-15)6-7-22-16/h4-9,18,21H,3H2,1-2H3,(H,19,20)/t17-/m1/s1. The van der Waals surface area contributed by atoms with Gasteiger partial charge in [0, 0.05) is 10.9 Å². The second kappa shape index (κ2) is 4.69. The summed E-state index contributed by atoms with van der Waals surface area (Å²) in [6.07, 6.45) is 0.685. The van der Waals surface area contributed by atoms with Gasteiger partial charge in [0.2, 0.25) is 0 Å². The van der Waals surface area contributed by atoms with Crippen LogP contribution in [0.2, 0.25) is 0 Å². The van der Waals surface area contributed by atoms with Crippen molar-refractivity contribution < 1.29 is 5.11 Å². The molecule has 0 radical (unpaired) electrons. The maximum absolute atomic E-state index is 10.4. The van der Waals surface area contributed by atoms with Gasteiger partial charge in [-0.1, -0.05) is 13.0 Å². The third-order valence-corrected chi connectivity index (χ3v) is 5.28. The van der Waals surface area contributed by atoms with E-state index in [2.05, 4.69) is 32.7 Å². The Kier molecular flexibility index (Phi) is 2.89. The molecule has 0 spiro atoms. The minimum atomic E-state index is -0.793. The van der Waals surface area contributed by atoms with E-state index in [0.717, 1.165) is 38.1 Å². The fourth-order valence-corrected chi connectivity index (χ4v) is 3.58. The number of nitrogens with zero attached hydrogens (tertiary/aromatic N) is 1. The number of rotatable bonds is 3. The van der Waals surface area contributed by atoms with E-state index in [4.69, 9.17) is 0 Å². The van der Waals surface area contributed by atoms with Gasteiger partial charge in [-0.05, 0) is 48.6 Å². The number of nitrogens with one attached hydrogen (secondary N) is 2. The van der Waals surface area contributed by atoms with E-state index in [9.17, 15) is 5.11 Å². The summed E-state index contributed by atoms with van der Waals surface area (Å²) in [5, 5.41) is 21.1. The summed E-state index contributed by atoms with van der Waals surface area (Å²) in [7, 11) is 0. The minimum absolute atomic E-state index is 0.685. The van der Waals surface area contributed by atoms with E-state index in [1.165, 1.54) is 0 Å². The monoisotopic (exact) mass is 311 g/mol. The van der Waals surface area contributed by atoms with E-state index >= 15 is 0 Å². The molecule has 0 fully saturated rings. The van der Waals surface area contributed by atoms with Crippen LogP contribution in [-0.2, 0) is 5.60 Å². The maximum atomic E-state index is 10.4. The van der Waals surface area contributed by atoms with Crippen molar-refractivity contribution in [3.8, 4) is 11.4 Å². The number of aromatic amines is 2. The first kappa shape index (κ1) is 13.5. The fourth-order valence-electron chi connectivity index (χ4n) is 2.73. The Balaban J connectivity index is 1.86. The van der Waals surface area contributed by atoms with Crippen LogP contribution in [0, 0.1) is 0 Å². The predicted molar refractivity (Wildman–Crippen MR) is 91.1 cm³/mol. The predicted octanol–water partition coefficient (Wildman–Crippen LogP) is 4.39. The highest BCUT2D eigenvalue weighted by atomic mass is 32.1. The summed E-state index contributed by atoms with van der Waals surface area (Å²) >= 11 is 1.68. The van der Waals surface area contributed by atoms with Crippen LogP contribution >= 0.6 is 11.3 Å². The van der Waals surface area contributed by atoms with Crippen LogP contribution in [0.1, 0.15) is 25.8 Å². The van der Waals surface area contributed by atoms with E-state index < -0.39 is 5.60 Å². The summed E-state index contributed by atoms with van der Waals surface area (Å²) < 4.78 is 1.16. The summed E-state index contributed by atoms with van der Waals surface area (Å²) in [4.78, 5) is 3.42. The highest BCUT2D eigenvalue weighted by Gasteiger charge is 2.21. The lowest BCUT2D eigenvalue weighted by molar-refractivity contribution is 0.0532. The summed E-state index contributed by atoms with van der Waals surface area (Å²) in [5.74, 6) is 0. The molecular weight excluding hydrogens is 294 g/mol. The molecule has 1 atom stereocenters. The molecule has 5 heteroatoms. The van der Waals surface area contributed by atoms with Gasteiger partial charge < -0.3 is 10.1 Å². The zero-order valence-corrected chi connectivity index (χ0v) is 13.3. The number of thiophene rings is 1.